The van der Waals surface area contributed by atoms with E-state index in [1.54, 1.807) is 44.4 Å². The highest BCUT2D eigenvalue weighted by Crippen LogP contribution is 2.51. The SMILES string of the molecule is COc1ccc(/C=C/c2ccc(O)c3c2C[C@@H]2C[C@@H]4[C@@H](N(C)C)C(=O)C(C(N)=O)C(=O)[C@]4(O)C(=O)C2C3=O)cc1OC. The Morgan fingerprint density at radius 2 is 1.71 bits per heavy atom. The van der Waals surface area contributed by atoms with Gasteiger partial charge in [0.15, 0.2) is 46.2 Å². The van der Waals surface area contributed by atoms with E-state index < -0.39 is 64.4 Å². The largest absolute Gasteiger partial charge is 0.507 e. The van der Waals surface area contributed by atoms with Crippen molar-refractivity contribution < 1.29 is 43.7 Å². The third-order valence-electron chi connectivity index (χ3n) is 8.84. The van der Waals surface area contributed by atoms with Gasteiger partial charge in [0.25, 0.3) is 0 Å². The summed E-state index contributed by atoms with van der Waals surface area (Å²) in [6.07, 6.45) is 3.74. The fraction of sp³-hybridized carbons (Fsp3) is 0.387. The molecule has 11 heteroatoms. The predicted octanol–water partition coefficient (Wildman–Crippen LogP) is 1.05. The molecule has 5 rings (SSSR count). The molecule has 220 valence electrons. The predicted molar refractivity (Wildman–Crippen MR) is 150 cm³/mol. The number of hydrogen-bond acceptors (Lipinski definition) is 10. The maximum Gasteiger partial charge on any atom is 0.235 e. The number of methoxy groups -OCH3 is 2. The summed E-state index contributed by atoms with van der Waals surface area (Å²) in [7, 11) is 6.15. The molecule has 2 saturated carbocycles. The minimum Gasteiger partial charge on any atom is -0.507 e. The number of carbonyl (C=O) groups excluding carboxylic acids is 5. The number of benzene rings is 2. The highest BCUT2D eigenvalue weighted by Gasteiger charge is 2.69. The number of fused-ring (bicyclic) bond motifs is 3. The van der Waals surface area contributed by atoms with Crippen LogP contribution in [0.5, 0.6) is 17.2 Å². The number of primary amides is 1. The van der Waals surface area contributed by atoms with E-state index in [9.17, 15) is 34.2 Å². The van der Waals surface area contributed by atoms with E-state index in [0.29, 0.717) is 22.6 Å². The number of nitrogens with two attached hydrogens (primary N) is 1. The van der Waals surface area contributed by atoms with Gasteiger partial charge in [-0.15, -0.1) is 0 Å². The van der Waals surface area contributed by atoms with Gasteiger partial charge in [0.1, 0.15) is 5.75 Å². The zero-order valence-corrected chi connectivity index (χ0v) is 23.6. The van der Waals surface area contributed by atoms with Crippen LogP contribution in [-0.4, -0.2) is 84.1 Å². The van der Waals surface area contributed by atoms with Gasteiger partial charge in [-0.05, 0) is 67.7 Å². The van der Waals surface area contributed by atoms with E-state index >= 15 is 0 Å². The Balaban J connectivity index is 1.57. The van der Waals surface area contributed by atoms with Crippen LogP contribution in [-0.2, 0) is 25.6 Å². The molecule has 0 saturated heterocycles. The monoisotopic (exact) mass is 576 g/mol. The molecule has 0 aromatic heterocycles. The molecule has 2 aromatic rings. The Labute approximate surface area is 241 Å². The number of aliphatic hydroxyl groups is 1. The fourth-order valence-corrected chi connectivity index (χ4v) is 6.93. The van der Waals surface area contributed by atoms with Crippen molar-refractivity contribution in [3.05, 3.63) is 52.6 Å². The number of phenolic OH excluding ortho intramolecular Hbond substituents is 1. The summed E-state index contributed by atoms with van der Waals surface area (Å²) in [6.45, 7) is 0. The Morgan fingerprint density at radius 1 is 1.02 bits per heavy atom. The normalized spacial score (nSPS) is 28.9. The Hall–Kier alpha value is -4.35. The number of ether oxygens (including phenoxy) is 2. The number of rotatable bonds is 6. The van der Waals surface area contributed by atoms with E-state index in [1.807, 2.05) is 6.07 Å². The molecular formula is C31H32N2O9. The lowest BCUT2D eigenvalue weighted by molar-refractivity contribution is -0.181. The summed E-state index contributed by atoms with van der Waals surface area (Å²) >= 11 is 0. The van der Waals surface area contributed by atoms with Gasteiger partial charge in [-0.3, -0.25) is 28.9 Å². The zero-order chi connectivity index (χ0) is 30.7. The summed E-state index contributed by atoms with van der Waals surface area (Å²) in [5.41, 5.74) is 4.47. The molecule has 1 amide bonds. The van der Waals surface area contributed by atoms with Crippen molar-refractivity contribution in [2.24, 2.45) is 29.4 Å². The average molecular weight is 577 g/mol. The van der Waals surface area contributed by atoms with Crippen LogP contribution in [0.2, 0.25) is 0 Å². The zero-order valence-electron chi connectivity index (χ0n) is 23.6. The van der Waals surface area contributed by atoms with Gasteiger partial charge in [0.05, 0.1) is 31.7 Å². The third-order valence-corrected chi connectivity index (χ3v) is 8.84. The molecule has 6 atom stereocenters. The number of nitrogens with zero attached hydrogens (tertiary/aromatic N) is 1. The molecule has 4 N–H and O–H groups in total. The van der Waals surface area contributed by atoms with E-state index in [2.05, 4.69) is 0 Å². The molecule has 0 radical (unpaired) electrons. The lowest BCUT2D eigenvalue weighted by Crippen LogP contribution is -2.74. The van der Waals surface area contributed by atoms with Crippen molar-refractivity contribution in [3.63, 3.8) is 0 Å². The van der Waals surface area contributed by atoms with Crippen LogP contribution in [0.3, 0.4) is 0 Å². The van der Waals surface area contributed by atoms with E-state index in [-0.39, 0.29) is 24.2 Å². The molecule has 42 heavy (non-hydrogen) atoms. The molecule has 11 nitrogen and oxygen atoms in total. The van der Waals surface area contributed by atoms with Gasteiger partial charge < -0.3 is 25.4 Å². The lowest BCUT2D eigenvalue weighted by atomic mass is 9.52. The first-order valence-corrected chi connectivity index (χ1v) is 13.5. The quantitative estimate of drug-likeness (QED) is 0.333. The van der Waals surface area contributed by atoms with E-state index in [0.717, 1.165) is 5.56 Å². The number of likely N-dealkylation sites (N-methyl/N-ethyl adjacent to an activating group) is 1. The number of hydrogen-bond donors (Lipinski definition) is 3. The third kappa shape index (κ3) is 4.23. The number of ketones is 4. The summed E-state index contributed by atoms with van der Waals surface area (Å²) in [6, 6.07) is 7.22. The topological polar surface area (TPSA) is 174 Å². The molecule has 3 aliphatic carbocycles. The van der Waals surface area contributed by atoms with Crippen molar-refractivity contribution in [3.8, 4) is 17.2 Å². The van der Waals surface area contributed by atoms with E-state index in [4.69, 9.17) is 15.2 Å². The smallest absolute Gasteiger partial charge is 0.235 e. The molecule has 0 spiro atoms. The minimum absolute atomic E-state index is 0.0155. The molecule has 0 aliphatic heterocycles. The Kier molecular flexibility index (Phi) is 7.28. The summed E-state index contributed by atoms with van der Waals surface area (Å²) in [4.78, 5) is 67.9. The maximum absolute atomic E-state index is 13.9. The van der Waals surface area contributed by atoms with Gasteiger partial charge in [-0.2, -0.15) is 0 Å². The minimum atomic E-state index is -2.75. The van der Waals surface area contributed by atoms with Crippen molar-refractivity contribution in [2.45, 2.75) is 24.5 Å². The van der Waals surface area contributed by atoms with Gasteiger partial charge >= 0.3 is 0 Å². The molecule has 0 bridgehead atoms. The van der Waals surface area contributed by atoms with Crippen LogP contribution in [0.25, 0.3) is 12.2 Å². The molecule has 3 aliphatic rings. The first-order valence-electron chi connectivity index (χ1n) is 13.5. The molecule has 2 fully saturated rings. The van der Waals surface area contributed by atoms with Crippen LogP contribution in [0.1, 0.15) is 33.5 Å². The number of phenols is 1. The standard InChI is InChI=1S/C31H32N2O9/c1-33(2)25-18-13-16-12-17-15(7-5-14-6-10-20(41-3)21(11-14)42-4)8-9-19(34)23(17)26(35)22(16)28(37)31(18,40)29(38)24(27(25)36)30(32)39/h5-11,16,18,22,24-25,34,40H,12-13H2,1-4H3,(H2,32,39)/b7-5+/t16-,18-,22?,24?,25-,31-/m1/s1. The fourth-order valence-electron chi connectivity index (χ4n) is 6.93. The second-order valence-corrected chi connectivity index (χ2v) is 11.3. The molecule has 0 heterocycles. The van der Waals surface area contributed by atoms with Crippen molar-refractivity contribution in [1.29, 1.82) is 0 Å². The summed E-state index contributed by atoms with van der Waals surface area (Å²) < 4.78 is 10.6. The van der Waals surface area contributed by atoms with Crippen LogP contribution in [0.15, 0.2) is 30.3 Å². The highest BCUT2D eigenvalue weighted by atomic mass is 16.5. The van der Waals surface area contributed by atoms with Gasteiger partial charge in [-0.1, -0.05) is 24.3 Å². The number of carbonyl (C=O) groups is 5. The number of amides is 1. The van der Waals surface area contributed by atoms with Crippen LogP contribution >= 0.6 is 0 Å². The maximum atomic E-state index is 13.9. The number of aromatic hydroxyl groups is 1. The highest BCUT2D eigenvalue weighted by molar-refractivity contribution is 6.32. The molecule has 2 aromatic carbocycles. The van der Waals surface area contributed by atoms with Gasteiger partial charge in [0, 0.05) is 5.92 Å². The Bertz CT molecular complexity index is 1560. The Morgan fingerprint density at radius 3 is 2.33 bits per heavy atom. The summed E-state index contributed by atoms with van der Waals surface area (Å²) in [5.74, 6) is -9.66. The van der Waals surface area contributed by atoms with Crippen LogP contribution in [0.4, 0.5) is 0 Å². The van der Waals surface area contributed by atoms with Crippen molar-refractivity contribution >= 4 is 41.2 Å². The van der Waals surface area contributed by atoms with Gasteiger partial charge in [0.2, 0.25) is 5.91 Å². The van der Waals surface area contributed by atoms with Crippen molar-refractivity contribution in [1.82, 2.24) is 4.90 Å². The summed E-state index contributed by atoms with van der Waals surface area (Å²) in [5, 5.41) is 22.4. The number of Topliss-reactive ketones (excluding diaryl/α,β-unsaturated/α-hetero) is 4. The molecule has 2 unspecified atom stereocenters. The lowest BCUT2D eigenvalue weighted by Gasteiger charge is -2.52. The second kappa shape index (κ2) is 10.5. The van der Waals surface area contributed by atoms with Crippen LogP contribution in [0, 0.1) is 23.7 Å². The first-order chi connectivity index (χ1) is 19.9. The van der Waals surface area contributed by atoms with Crippen molar-refractivity contribution in [2.75, 3.05) is 28.3 Å². The second-order valence-electron chi connectivity index (χ2n) is 11.3. The average Bonchev–Trinajstić information content (AvgIpc) is 2.94. The first kappa shape index (κ1) is 29.2. The van der Waals surface area contributed by atoms with Crippen LogP contribution < -0.4 is 15.2 Å². The van der Waals surface area contributed by atoms with E-state index in [1.165, 1.54) is 25.2 Å². The van der Waals surface area contributed by atoms with Gasteiger partial charge in [-0.25, -0.2) is 0 Å². The molecular weight excluding hydrogens is 544 g/mol.